The molecule has 0 fully saturated rings. The molecular formula is C14H16N2O2S. The van der Waals surface area contributed by atoms with Crippen LogP contribution in [0.2, 0.25) is 0 Å². The van der Waals surface area contributed by atoms with E-state index in [2.05, 4.69) is 9.97 Å². The maximum Gasteiger partial charge on any atom is 0.251 e. The van der Waals surface area contributed by atoms with Crippen LogP contribution in [0.15, 0.2) is 46.3 Å². The molecule has 0 radical (unpaired) electrons. The van der Waals surface area contributed by atoms with Crippen molar-refractivity contribution in [1.29, 1.82) is 0 Å². The van der Waals surface area contributed by atoms with Gasteiger partial charge in [-0.25, -0.2) is 4.98 Å². The molecule has 0 aliphatic rings. The van der Waals surface area contributed by atoms with E-state index in [0.29, 0.717) is 16.6 Å². The molecule has 1 atom stereocenters. The van der Waals surface area contributed by atoms with Crippen molar-refractivity contribution in [3.63, 3.8) is 0 Å². The SMILES string of the molecule is Cc1cc(=O)[nH]c(SCC(C)(O)c2ccccc2)n1. The van der Waals surface area contributed by atoms with Gasteiger partial charge in [-0.2, -0.15) is 0 Å². The van der Waals surface area contributed by atoms with Crippen molar-refractivity contribution in [2.24, 2.45) is 0 Å². The van der Waals surface area contributed by atoms with Crippen molar-refractivity contribution in [3.8, 4) is 0 Å². The van der Waals surface area contributed by atoms with Crippen LogP contribution in [0, 0.1) is 6.92 Å². The Morgan fingerprint density at radius 2 is 2.05 bits per heavy atom. The number of aromatic amines is 1. The highest BCUT2D eigenvalue weighted by Crippen LogP contribution is 2.27. The maximum absolute atomic E-state index is 11.3. The van der Waals surface area contributed by atoms with E-state index < -0.39 is 5.60 Å². The fraction of sp³-hybridized carbons (Fsp3) is 0.286. The van der Waals surface area contributed by atoms with Crippen LogP contribution in [0.25, 0.3) is 0 Å². The second-order valence-corrected chi connectivity index (χ2v) is 5.58. The monoisotopic (exact) mass is 276 g/mol. The summed E-state index contributed by atoms with van der Waals surface area (Å²) in [6.07, 6.45) is 0. The summed E-state index contributed by atoms with van der Waals surface area (Å²) in [6.45, 7) is 3.53. The third-order valence-electron chi connectivity index (χ3n) is 2.73. The molecule has 0 saturated carbocycles. The lowest BCUT2D eigenvalue weighted by Crippen LogP contribution is -2.24. The second-order valence-electron chi connectivity index (χ2n) is 4.62. The first-order chi connectivity index (χ1) is 8.97. The Hall–Kier alpha value is -1.59. The van der Waals surface area contributed by atoms with Gasteiger partial charge in [0, 0.05) is 17.5 Å². The molecule has 1 unspecified atom stereocenters. The molecular weight excluding hydrogens is 260 g/mol. The van der Waals surface area contributed by atoms with Crippen LogP contribution in [0.5, 0.6) is 0 Å². The van der Waals surface area contributed by atoms with Gasteiger partial charge in [-0.3, -0.25) is 4.79 Å². The largest absolute Gasteiger partial charge is 0.385 e. The Bertz CT molecular complexity index is 608. The first-order valence-electron chi connectivity index (χ1n) is 5.96. The normalized spacial score (nSPS) is 14.1. The van der Waals surface area contributed by atoms with E-state index >= 15 is 0 Å². The lowest BCUT2D eigenvalue weighted by molar-refractivity contribution is 0.0839. The number of rotatable bonds is 4. The molecule has 1 aromatic heterocycles. The second kappa shape index (κ2) is 5.59. The Kier molecular flexibility index (Phi) is 4.07. The van der Waals surface area contributed by atoms with Gasteiger partial charge in [0.2, 0.25) is 0 Å². The van der Waals surface area contributed by atoms with E-state index in [-0.39, 0.29) is 5.56 Å². The lowest BCUT2D eigenvalue weighted by atomic mass is 9.99. The van der Waals surface area contributed by atoms with Crippen LogP contribution in [0.3, 0.4) is 0 Å². The van der Waals surface area contributed by atoms with Gasteiger partial charge in [-0.1, -0.05) is 42.1 Å². The summed E-state index contributed by atoms with van der Waals surface area (Å²) in [5.74, 6) is 0.420. The van der Waals surface area contributed by atoms with E-state index in [0.717, 1.165) is 5.56 Å². The van der Waals surface area contributed by atoms with Gasteiger partial charge in [-0.15, -0.1) is 0 Å². The predicted molar refractivity (Wildman–Crippen MR) is 76.3 cm³/mol. The highest BCUT2D eigenvalue weighted by atomic mass is 32.2. The summed E-state index contributed by atoms with van der Waals surface area (Å²) in [6, 6.07) is 10.9. The molecule has 0 spiro atoms. The number of hydrogen-bond acceptors (Lipinski definition) is 4. The standard InChI is InChI=1S/C14H16N2O2S/c1-10-8-12(17)16-13(15-10)19-9-14(2,18)11-6-4-3-5-7-11/h3-8,18H,9H2,1-2H3,(H,15,16,17). The minimum Gasteiger partial charge on any atom is -0.385 e. The number of benzene rings is 1. The van der Waals surface area contributed by atoms with Gasteiger partial charge >= 0.3 is 0 Å². The Morgan fingerprint density at radius 1 is 1.37 bits per heavy atom. The van der Waals surface area contributed by atoms with E-state index in [9.17, 15) is 9.90 Å². The van der Waals surface area contributed by atoms with E-state index in [1.54, 1.807) is 13.8 Å². The lowest BCUT2D eigenvalue weighted by Gasteiger charge is -2.23. The highest BCUT2D eigenvalue weighted by Gasteiger charge is 2.23. The van der Waals surface area contributed by atoms with Gasteiger partial charge in [0.05, 0.1) is 5.60 Å². The van der Waals surface area contributed by atoms with Crippen LogP contribution in [0.1, 0.15) is 18.2 Å². The first kappa shape index (κ1) is 13.8. The molecule has 19 heavy (non-hydrogen) atoms. The minimum absolute atomic E-state index is 0.172. The molecule has 0 aliphatic carbocycles. The average molecular weight is 276 g/mol. The number of H-pyrrole nitrogens is 1. The molecule has 2 aromatic rings. The molecule has 5 heteroatoms. The number of aryl methyl sites for hydroxylation is 1. The molecule has 0 aliphatic heterocycles. The summed E-state index contributed by atoms with van der Waals surface area (Å²) in [7, 11) is 0. The number of aliphatic hydroxyl groups is 1. The number of hydrogen-bond donors (Lipinski definition) is 2. The molecule has 4 nitrogen and oxygen atoms in total. The van der Waals surface area contributed by atoms with Crippen LogP contribution < -0.4 is 5.56 Å². The van der Waals surface area contributed by atoms with Gasteiger partial charge in [0.15, 0.2) is 5.16 Å². The van der Waals surface area contributed by atoms with Crippen LogP contribution >= 0.6 is 11.8 Å². The molecule has 1 heterocycles. The smallest absolute Gasteiger partial charge is 0.251 e. The predicted octanol–water partition coefficient (Wildman–Crippen LogP) is 2.08. The number of aromatic nitrogens is 2. The maximum atomic E-state index is 11.3. The quantitative estimate of drug-likeness (QED) is 0.663. The fourth-order valence-electron chi connectivity index (χ4n) is 1.71. The van der Waals surface area contributed by atoms with Crippen molar-refractivity contribution in [1.82, 2.24) is 9.97 Å². The van der Waals surface area contributed by atoms with Gasteiger partial charge in [0.25, 0.3) is 5.56 Å². The van der Waals surface area contributed by atoms with Gasteiger partial charge in [-0.05, 0) is 19.4 Å². The summed E-state index contributed by atoms with van der Waals surface area (Å²) in [5, 5.41) is 11.0. The zero-order chi connectivity index (χ0) is 13.9. The summed E-state index contributed by atoms with van der Waals surface area (Å²) in [4.78, 5) is 18.2. The van der Waals surface area contributed by atoms with Crippen LogP contribution in [-0.2, 0) is 5.60 Å². The van der Waals surface area contributed by atoms with Crippen molar-refractivity contribution in [2.75, 3.05) is 5.75 Å². The zero-order valence-electron chi connectivity index (χ0n) is 10.9. The molecule has 1 aromatic carbocycles. The molecule has 0 amide bonds. The molecule has 0 saturated heterocycles. The van der Waals surface area contributed by atoms with Crippen molar-refractivity contribution < 1.29 is 5.11 Å². The molecule has 100 valence electrons. The summed E-state index contributed by atoms with van der Waals surface area (Å²) < 4.78 is 0. The van der Waals surface area contributed by atoms with Crippen LogP contribution in [-0.4, -0.2) is 20.8 Å². The van der Waals surface area contributed by atoms with Crippen LogP contribution in [0.4, 0.5) is 0 Å². The average Bonchev–Trinajstić information content (AvgIpc) is 2.37. The number of nitrogens with zero attached hydrogens (tertiary/aromatic N) is 1. The molecule has 2 N–H and O–H groups in total. The van der Waals surface area contributed by atoms with Gasteiger partial charge in [0.1, 0.15) is 0 Å². The third kappa shape index (κ3) is 3.68. The van der Waals surface area contributed by atoms with Gasteiger partial charge < -0.3 is 10.1 Å². The highest BCUT2D eigenvalue weighted by molar-refractivity contribution is 7.99. The fourth-order valence-corrected chi connectivity index (χ4v) is 2.68. The van der Waals surface area contributed by atoms with E-state index in [1.165, 1.54) is 17.8 Å². The Morgan fingerprint density at radius 3 is 2.68 bits per heavy atom. The third-order valence-corrected chi connectivity index (χ3v) is 3.91. The van der Waals surface area contributed by atoms with Crippen molar-refractivity contribution in [2.45, 2.75) is 24.6 Å². The molecule has 0 bridgehead atoms. The van der Waals surface area contributed by atoms with E-state index in [1.807, 2.05) is 30.3 Å². The minimum atomic E-state index is -0.964. The number of nitrogens with one attached hydrogen (secondary N) is 1. The van der Waals surface area contributed by atoms with Crippen molar-refractivity contribution >= 4 is 11.8 Å². The van der Waals surface area contributed by atoms with Crippen molar-refractivity contribution in [3.05, 3.63) is 58.0 Å². The Balaban J connectivity index is 2.11. The summed E-state index contributed by atoms with van der Waals surface area (Å²) >= 11 is 1.33. The van der Waals surface area contributed by atoms with E-state index in [4.69, 9.17) is 0 Å². The number of thioether (sulfide) groups is 1. The molecule has 2 rings (SSSR count). The zero-order valence-corrected chi connectivity index (χ0v) is 11.7. The topological polar surface area (TPSA) is 66.0 Å². The summed E-state index contributed by atoms with van der Waals surface area (Å²) in [5.41, 5.74) is 0.381. The Labute approximate surface area is 115 Å². The first-order valence-corrected chi connectivity index (χ1v) is 6.94.